The molecular weight excluding hydrogens is 517 g/mol. The van der Waals surface area contributed by atoms with Gasteiger partial charge in [0.25, 0.3) is 0 Å². The first-order valence-electron chi connectivity index (χ1n) is 12.4. The summed E-state index contributed by atoms with van der Waals surface area (Å²) in [6, 6.07) is 26.7. The fourth-order valence-corrected chi connectivity index (χ4v) is 4.59. The lowest BCUT2D eigenvalue weighted by atomic mass is 9.91. The van der Waals surface area contributed by atoms with E-state index in [0.29, 0.717) is 28.8 Å². The van der Waals surface area contributed by atoms with E-state index in [1.54, 1.807) is 72.8 Å². The second-order valence-electron chi connectivity index (χ2n) is 9.26. The topological polar surface area (TPSA) is 79.3 Å². The molecule has 0 unspecified atom stereocenters. The van der Waals surface area contributed by atoms with Crippen molar-refractivity contribution >= 4 is 28.3 Å². The van der Waals surface area contributed by atoms with Gasteiger partial charge in [0.2, 0.25) is 0 Å². The Balaban J connectivity index is 1.50. The van der Waals surface area contributed by atoms with Crippen LogP contribution >= 0.6 is 0 Å². The van der Waals surface area contributed by atoms with Crippen LogP contribution in [-0.2, 0) is 23.9 Å². The highest BCUT2D eigenvalue weighted by atomic mass is 19.4. The van der Waals surface area contributed by atoms with Crippen LogP contribution in [0, 0.1) is 0 Å². The summed E-state index contributed by atoms with van der Waals surface area (Å²) in [5, 5.41) is 12.4. The molecule has 0 amide bonds. The Morgan fingerprint density at radius 2 is 1.48 bits per heavy atom. The number of fused-ring (bicyclic) bond motifs is 1. The average Bonchev–Trinajstić information content (AvgIpc) is 2.95. The van der Waals surface area contributed by atoms with Crippen LogP contribution < -0.4 is 5.32 Å². The normalized spacial score (nSPS) is 11.4. The maximum Gasteiger partial charge on any atom is 0.418 e. The standard InChI is InChI=1S/C32H23F3N2O3/c33-32(34,35)27-8-4-7-25-29(26(19-37-30(25)27)31(40)23-5-2-1-3-6-23)22-13-15-24(16-14-22)36-18-21-11-9-20(10-12-21)17-28(38)39/h1-16,19,36H,17-18H2,(H,38,39). The van der Waals surface area contributed by atoms with Gasteiger partial charge in [-0.2, -0.15) is 13.2 Å². The van der Waals surface area contributed by atoms with Crippen LogP contribution in [0.2, 0.25) is 0 Å². The number of carbonyl (C=O) groups is 2. The number of nitrogens with zero attached hydrogens (tertiary/aromatic N) is 1. The Labute approximate surface area is 227 Å². The molecule has 0 bridgehead atoms. The van der Waals surface area contributed by atoms with Gasteiger partial charge in [-0.15, -0.1) is 0 Å². The van der Waals surface area contributed by atoms with E-state index in [1.165, 1.54) is 12.3 Å². The minimum Gasteiger partial charge on any atom is -0.481 e. The van der Waals surface area contributed by atoms with E-state index in [0.717, 1.165) is 17.3 Å². The zero-order valence-electron chi connectivity index (χ0n) is 21.1. The van der Waals surface area contributed by atoms with Crippen LogP contribution in [-0.4, -0.2) is 21.8 Å². The highest BCUT2D eigenvalue weighted by Gasteiger charge is 2.34. The molecule has 5 aromatic rings. The van der Waals surface area contributed by atoms with E-state index in [2.05, 4.69) is 10.3 Å². The van der Waals surface area contributed by atoms with Gasteiger partial charge in [-0.25, -0.2) is 0 Å². The number of aliphatic carboxylic acids is 1. The Kier molecular flexibility index (Phi) is 7.33. The summed E-state index contributed by atoms with van der Waals surface area (Å²) in [7, 11) is 0. The lowest BCUT2D eigenvalue weighted by Crippen LogP contribution is -2.09. The van der Waals surface area contributed by atoms with Crippen LogP contribution in [0.15, 0.2) is 103 Å². The molecule has 0 fully saturated rings. The number of carbonyl (C=O) groups excluding carboxylic acids is 1. The first-order valence-corrected chi connectivity index (χ1v) is 12.4. The largest absolute Gasteiger partial charge is 0.481 e. The number of carboxylic acid groups (broad SMARTS) is 1. The lowest BCUT2D eigenvalue weighted by Gasteiger charge is -2.16. The Morgan fingerprint density at radius 3 is 2.12 bits per heavy atom. The van der Waals surface area contributed by atoms with Gasteiger partial charge in [-0.1, -0.05) is 78.9 Å². The fraction of sp³-hybridized carbons (Fsp3) is 0.0938. The molecule has 0 aliphatic carbocycles. The van der Waals surface area contributed by atoms with Gasteiger partial charge in [0.1, 0.15) is 0 Å². The molecule has 5 rings (SSSR count). The third-order valence-electron chi connectivity index (χ3n) is 6.53. The van der Waals surface area contributed by atoms with Crippen LogP contribution in [0.1, 0.15) is 32.6 Å². The number of para-hydroxylation sites is 1. The maximum atomic E-state index is 13.8. The number of pyridine rings is 1. The number of halogens is 3. The van der Waals surface area contributed by atoms with E-state index in [9.17, 15) is 22.8 Å². The number of hydrogen-bond donors (Lipinski definition) is 2. The van der Waals surface area contributed by atoms with Gasteiger partial charge in [0.05, 0.1) is 17.5 Å². The Hall–Kier alpha value is -4.98. The van der Waals surface area contributed by atoms with Crippen molar-refractivity contribution in [1.29, 1.82) is 0 Å². The second kappa shape index (κ2) is 11.0. The number of ketones is 1. The number of rotatable bonds is 8. The molecule has 4 aromatic carbocycles. The molecule has 0 aliphatic heterocycles. The predicted molar refractivity (Wildman–Crippen MR) is 147 cm³/mol. The van der Waals surface area contributed by atoms with Gasteiger partial charge >= 0.3 is 12.1 Å². The molecular formula is C32H23F3N2O3. The SMILES string of the molecule is O=C(O)Cc1ccc(CNc2ccc(-c3c(C(=O)c4ccccc4)cnc4c(C(F)(F)F)cccc34)cc2)cc1. The number of carboxylic acids is 1. The number of aromatic nitrogens is 1. The molecule has 8 heteroatoms. The fourth-order valence-electron chi connectivity index (χ4n) is 4.59. The molecule has 0 saturated carbocycles. The van der Waals surface area contributed by atoms with Crippen molar-refractivity contribution in [1.82, 2.24) is 4.98 Å². The summed E-state index contributed by atoms with van der Waals surface area (Å²) < 4.78 is 41.4. The minimum absolute atomic E-state index is 0.0436. The van der Waals surface area contributed by atoms with E-state index in [-0.39, 0.29) is 28.7 Å². The Morgan fingerprint density at radius 1 is 0.800 bits per heavy atom. The number of anilines is 1. The number of hydrogen-bond acceptors (Lipinski definition) is 4. The molecule has 5 nitrogen and oxygen atoms in total. The summed E-state index contributed by atoms with van der Waals surface area (Å²) >= 11 is 0. The first-order chi connectivity index (χ1) is 19.2. The molecule has 0 aliphatic rings. The van der Waals surface area contributed by atoms with Crippen molar-refractivity contribution in [3.8, 4) is 11.1 Å². The number of alkyl halides is 3. The summed E-state index contributed by atoms with van der Waals surface area (Å²) in [6.45, 7) is 0.484. The monoisotopic (exact) mass is 540 g/mol. The van der Waals surface area contributed by atoms with Gasteiger partial charge < -0.3 is 10.4 Å². The summed E-state index contributed by atoms with van der Waals surface area (Å²) in [4.78, 5) is 28.4. The van der Waals surface area contributed by atoms with Crippen molar-refractivity contribution in [3.05, 3.63) is 131 Å². The van der Waals surface area contributed by atoms with Crippen molar-refractivity contribution < 1.29 is 27.9 Å². The number of benzene rings is 4. The van der Waals surface area contributed by atoms with Crippen molar-refractivity contribution in [2.24, 2.45) is 0 Å². The molecule has 2 N–H and O–H groups in total. The zero-order chi connectivity index (χ0) is 28.3. The van der Waals surface area contributed by atoms with Crippen LogP contribution in [0.25, 0.3) is 22.0 Å². The molecule has 0 spiro atoms. The smallest absolute Gasteiger partial charge is 0.418 e. The van der Waals surface area contributed by atoms with E-state index < -0.39 is 17.7 Å². The highest BCUT2D eigenvalue weighted by Crippen LogP contribution is 2.39. The molecule has 1 aromatic heterocycles. The molecule has 0 atom stereocenters. The van der Waals surface area contributed by atoms with Gasteiger partial charge in [0.15, 0.2) is 5.78 Å². The first kappa shape index (κ1) is 26.6. The van der Waals surface area contributed by atoms with Crippen molar-refractivity contribution in [3.63, 3.8) is 0 Å². The van der Waals surface area contributed by atoms with Gasteiger partial charge in [-0.05, 0) is 34.9 Å². The van der Waals surface area contributed by atoms with Gasteiger partial charge in [0, 0.05) is 40.5 Å². The third-order valence-corrected chi connectivity index (χ3v) is 6.53. The van der Waals surface area contributed by atoms with Crippen molar-refractivity contribution in [2.45, 2.75) is 19.1 Å². The van der Waals surface area contributed by atoms with Gasteiger partial charge in [-0.3, -0.25) is 14.6 Å². The average molecular weight is 541 g/mol. The molecule has 1 heterocycles. The van der Waals surface area contributed by atoms with E-state index in [1.807, 2.05) is 12.1 Å². The van der Waals surface area contributed by atoms with Crippen LogP contribution in [0.5, 0.6) is 0 Å². The van der Waals surface area contributed by atoms with E-state index in [4.69, 9.17) is 5.11 Å². The molecule has 0 saturated heterocycles. The predicted octanol–water partition coefficient (Wildman–Crippen LogP) is 7.39. The summed E-state index contributed by atoms with van der Waals surface area (Å²) in [6.07, 6.45) is -3.42. The van der Waals surface area contributed by atoms with Crippen molar-refractivity contribution in [2.75, 3.05) is 5.32 Å². The summed E-state index contributed by atoms with van der Waals surface area (Å²) in [5.74, 6) is -1.23. The molecule has 40 heavy (non-hydrogen) atoms. The van der Waals surface area contributed by atoms with Crippen LogP contribution in [0.4, 0.5) is 18.9 Å². The van der Waals surface area contributed by atoms with Crippen LogP contribution in [0.3, 0.4) is 0 Å². The maximum absolute atomic E-state index is 13.8. The minimum atomic E-state index is -4.60. The quantitative estimate of drug-likeness (QED) is 0.201. The van der Waals surface area contributed by atoms with E-state index >= 15 is 0 Å². The third kappa shape index (κ3) is 5.71. The second-order valence-corrected chi connectivity index (χ2v) is 9.26. The number of nitrogens with one attached hydrogen (secondary N) is 1. The summed E-state index contributed by atoms with van der Waals surface area (Å²) in [5.41, 5.74) is 2.92. The molecule has 200 valence electrons. The molecule has 0 radical (unpaired) electrons. The Bertz CT molecular complexity index is 1680. The lowest BCUT2D eigenvalue weighted by molar-refractivity contribution is -0.137. The highest BCUT2D eigenvalue weighted by molar-refractivity contribution is 6.16. The zero-order valence-corrected chi connectivity index (χ0v) is 21.1.